The molecule has 0 spiro atoms. The molecule has 2 amide bonds. The molecule has 2 aliphatic rings. The van der Waals surface area contributed by atoms with E-state index in [1.165, 1.54) is 12.8 Å². The zero-order valence-corrected chi connectivity index (χ0v) is 16.1. The third-order valence-electron chi connectivity index (χ3n) is 5.52. The molecule has 138 valence electrons. The maximum Gasteiger partial charge on any atom is 0.225 e. The van der Waals surface area contributed by atoms with E-state index in [2.05, 4.69) is 17.2 Å². The van der Waals surface area contributed by atoms with Crippen LogP contribution in [0.2, 0.25) is 0 Å². The number of hydrogen-bond donors (Lipinski definition) is 1. The van der Waals surface area contributed by atoms with Crippen molar-refractivity contribution < 1.29 is 9.59 Å². The summed E-state index contributed by atoms with van der Waals surface area (Å²) >= 11 is 1.65. The quantitative estimate of drug-likeness (QED) is 0.874. The third kappa shape index (κ3) is 4.60. The van der Waals surface area contributed by atoms with Gasteiger partial charge >= 0.3 is 0 Å². The number of nitrogens with one attached hydrogen (secondary N) is 1. The van der Waals surface area contributed by atoms with Gasteiger partial charge in [-0.1, -0.05) is 19.8 Å². The van der Waals surface area contributed by atoms with Gasteiger partial charge in [0.2, 0.25) is 11.8 Å². The average Bonchev–Trinajstić information content (AvgIpc) is 3.30. The van der Waals surface area contributed by atoms with Crippen LogP contribution >= 0.6 is 11.3 Å². The van der Waals surface area contributed by atoms with Crippen LogP contribution in [0.15, 0.2) is 5.38 Å². The van der Waals surface area contributed by atoms with Crippen molar-refractivity contribution in [1.82, 2.24) is 15.2 Å². The number of amides is 2. The minimum Gasteiger partial charge on any atom is -0.355 e. The number of rotatable bonds is 5. The van der Waals surface area contributed by atoms with E-state index in [9.17, 15) is 9.59 Å². The number of thiazole rings is 1. The number of hydrogen-bond acceptors (Lipinski definition) is 4. The number of carbonyl (C=O) groups is 2. The summed E-state index contributed by atoms with van der Waals surface area (Å²) in [6.07, 6.45) is 6.04. The van der Waals surface area contributed by atoms with Gasteiger partial charge in [0.1, 0.15) is 0 Å². The molecule has 1 aromatic heterocycles. The van der Waals surface area contributed by atoms with Crippen molar-refractivity contribution in [2.24, 2.45) is 11.8 Å². The summed E-state index contributed by atoms with van der Waals surface area (Å²) in [5.74, 6) is 0.981. The van der Waals surface area contributed by atoms with Crippen LogP contribution in [0.4, 0.5) is 0 Å². The molecule has 0 radical (unpaired) electrons. The lowest BCUT2D eigenvalue weighted by Gasteiger charge is -2.33. The molecule has 1 atom stereocenters. The highest BCUT2D eigenvalue weighted by atomic mass is 32.1. The van der Waals surface area contributed by atoms with Crippen molar-refractivity contribution in [1.29, 1.82) is 0 Å². The van der Waals surface area contributed by atoms with E-state index in [0.717, 1.165) is 49.5 Å². The Hall–Kier alpha value is -1.43. The van der Waals surface area contributed by atoms with Crippen LogP contribution in [0, 0.1) is 18.8 Å². The second kappa shape index (κ2) is 8.30. The van der Waals surface area contributed by atoms with Crippen LogP contribution in [-0.4, -0.2) is 41.3 Å². The van der Waals surface area contributed by atoms with Crippen molar-refractivity contribution in [3.63, 3.8) is 0 Å². The summed E-state index contributed by atoms with van der Waals surface area (Å²) in [5.41, 5.74) is 1.04. The lowest BCUT2D eigenvalue weighted by Crippen LogP contribution is -2.45. The van der Waals surface area contributed by atoms with E-state index >= 15 is 0 Å². The molecule has 1 aromatic rings. The molecule has 1 aliphatic heterocycles. The first-order valence-electron chi connectivity index (χ1n) is 9.53. The van der Waals surface area contributed by atoms with Gasteiger partial charge < -0.3 is 10.2 Å². The van der Waals surface area contributed by atoms with Gasteiger partial charge in [0.05, 0.1) is 5.01 Å². The Bertz CT molecular complexity index is 602. The van der Waals surface area contributed by atoms with Crippen molar-refractivity contribution in [2.45, 2.75) is 58.3 Å². The third-order valence-corrected chi connectivity index (χ3v) is 6.72. The van der Waals surface area contributed by atoms with Gasteiger partial charge in [0.25, 0.3) is 0 Å². The molecule has 1 saturated carbocycles. The first kappa shape index (κ1) is 18.4. The summed E-state index contributed by atoms with van der Waals surface area (Å²) in [4.78, 5) is 31.4. The highest BCUT2D eigenvalue weighted by Gasteiger charge is 2.32. The molecule has 2 heterocycles. The van der Waals surface area contributed by atoms with Crippen LogP contribution in [0.5, 0.6) is 0 Å². The second-order valence-corrected chi connectivity index (χ2v) is 8.44. The average molecular weight is 364 g/mol. The predicted molar refractivity (Wildman–Crippen MR) is 99.5 cm³/mol. The summed E-state index contributed by atoms with van der Waals surface area (Å²) in [7, 11) is 0. The Balaban J connectivity index is 1.41. The molecule has 0 aromatic carbocycles. The van der Waals surface area contributed by atoms with Crippen molar-refractivity contribution >= 4 is 23.2 Å². The fraction of sp³-hybridized carbons (Fsp3) is 0.737. The lowest BCUT2D eigenvalue weighted by atomic mass is 9.94. The summed E-state index contributed by atoms with van der Waals surface area (Å²) in [6.45, 7) is 6.18. The number of aromatic nitrogens is 1. The molecule has 1 N–H and O–H groups in total. The summed E-state index contributed by atoms with van der Waals surface area (Å²) < 4.78 is 0. The first-order chi connectivity index (χ1) is 12.0. The lowest BCUT2D eigenvalue weighted by molar-refractivity contribution is -0.139. The van der Waals surface area contributed by atoms with Gasteiger partial charge in [0.15, 0.2) is 0 Å². The Morgan fingerprint density at radius 2 is 1.92 bits per heavy atom. The Kier molecular flexibility index (Phi) is 6.10. The fourth-order valence-electron chi connectivity index (χ4n) is 3.88. The molecule has 0 unspecified atom stereocenters. The molecule has 5 nitrogen and oxygen atoms in total. The standard InChI is InChI=1S/C19H29N3O2S/c1-13(18-21-14(2)12-25-18)11-20-17(23)15-7-9-22(10-8-15)19(24)16-5-3-4-6-16/h12-13,15-16H,3-11H2,1-2H3,(H,20,23)/t13-/m1/s1. The highest BCUT2D eigenvalue weighted by Crippen LogP contribution is 2.28. The molecule has 1 aliphatic carbocycles. The van der Waals surface area contributed by atoms with Gasteiger partial charge in [-0.05, 0) is 32.6 Å². The van der Waals surface area contributed by atoms with Gasteiger partial charge in [0, 0.05) is 48.5 Å². The minimum atomic E-state index is 0.0397. The van der Waals surface area contributed by atoms with E-state index in [0.29, 0.717) is 12.5 Å². The Morgan fingerprint density at radius 1 is 1.24 bits per heavy atom. The molecular formula is C19H29N3O2S. The molecule has 1 saturated heterocycles. The molecule has 25 heavy (non-hydrogen) atoms. The largest absolute Gasteiger partial charge is 0.355 e. The van der Waals surface area contributed by atoms with Gasteiger partial charge in [-0.2, -0.15) is 0 Å². The minimum absolute atomic E-state index is 0.0397. The number of piperidine rings is 1. The molecule has 2 fully saturated rings. The zero-order chi connectivity index (χ0) is 17.8. The number of carbonyl (C=O) groups excluding carboxylic acids is 2. The molecule has 0 bridgehead atoms. The van der Waals surface area contributed by atoms with Crippen LogP contribution in [0.3, 0.4) is 0 Å². The first-order valence-corrected chi connectivity index (χ1v) is 10.4. The topological polar surface area (TPSA) is 62.3 Å². The van der Waals surface area contributed by atoms with Crippen LogP contribution < -0.4 is 5.32 Å². The molecular weight excluding hydrogens is 334 g/mol. The fourth-order valence-corrected chi connectivity index (χ4v) is 4.73. The molecule has 3 rings (SSSR count). The van der Waals surface area contributed by atoms with Gasteiger partial charge in [-0.15, -0.1) is 11.3 Å². The van der Waals surface area contributed by atoms with Crippen LogP contribution in [-0.2, 0) is 9.59 Å². The number of aryl methyl sites for hydroxylation is 1. The van der Waals surface area contributed by atoms with Crippen LogP contribution in [0.1, 0.15) is 62.1 Å². The summed E-state index contributed by atoms with van der Waals surface area (Å²) in [5, 5.41) is 6.21. The summed E-state index contributed by atoms with van der Waals surface area (Å²) in [6, 6.07) is 0. The predicted octanol–water partition coefficient (Wildman–Crippen LogP) is 3.10. The number of likely N-dealkylation sites (tertiary alicyclic amines) is 1. The monoisotopic (exact) mass is 363 g/mol. The second-order valence-electron chi connectivity index (χ2n) is 7.55. The maximum absolute atomic E-state index is 12.5. The smallest absolute Gasteiger partial charge is 0.225 e. The highest BCUT2D eigenvalue weighted by molar-refractivity contribution is 7.09. The zero-order valence-electron chi connectivity index (χ0n) is 15.3. The van der Waals surface area contributed by atoms with E-state index in [-0.39, 0.29) is 23.7 Å². The SMILES string of the molecule is Cc1csc([C@H](C)CNC(=O)C2CCN(C(=O)C3CCCC3)CC2)n1. The van der Waals surface area contributed by atoms with E-state index in [1.807, 2.05) is 17.2 Å². The van der Waals surface area contributed by atoms with Gasteiger partial charge in [-0.25, -0.2) is 4.98 Å². The Morgan fingerprint density at radius 3 is 2.52 bits per heavy atom. The van der Waals surface area contributed by atoms with Gasteiger partial charge in [-0.3, -0.25) is 9.59 Å². The van der Waals surface area contributed by atoms with Crippen molar-refractivity contribution in [3.8, 4) is 0 Å². The molecule has 6 heteroatoms. The van der Waals surface area contributed by atoms with Crippen molar-refractivity contribution in [3.05, 3.63) is 16.1 Å². The van der Waals surface area contributed by atoms with E-state index in [1.54, 1.807) is 11.3 Å². The normalized spacial score (nSPS) is 20.6. The Labute approximate surface area is 154 Å². The maximum atomic E-state index is 12.5. The number of nitrogens with zero attached hydrogens (tertiary/aromatic N) is 2. The van der Waals surface area contributed by atoms with Crippen molar-refractivity contribution in [2.75, 3.05) is 19.6 Å². The van der Waals surface area contributed by atoms with E-state index < -0.39 is 0 Å². The van der Waals surface area contributed by atoms with Crippen LogP contribution in [0.25, 0.3) is 0 Å². The van der Waals surface area contributed by atoms with E-state index in [4.69, 9.17) is 0 Å².